The zero-order valence-corrected chi connectivity index (χ0v) is 9.83. The lowest BCUT2D eigenvalue weighted by Gasteiger charge is -2.09. The second-order valence-electron chi connectivity index (χ2n) is 3.24. The van der Waals surface area contributed by atoms with Crippen molar-refractivity contribution >= 4 is 0 Å². The Morgan fingerprint density at radius 2 is 1.87 bits per heavy atom. The highest BCUT2D eigenvalue weighted by atomic mass is 19.1. The van der Waals surface area contributed by atoms with Crippen molar-refractivity contribution in [1.82, 2.24) is 0 Å². The first-order chi connectivity index (χ1) is 7.24. The summed E-state index contributed by atoms with van der Waals surface area (Å²) >= 11 is 0. The van der Waals surface area contributed by atoms with Crippen molar-refractivity contribution in [1.29, 1.82) is 0 Å². The molecule has 1 atom stereocenters. The number of benzene rings is 1. The predicted octanol–water partition coefficient (Wildman–Crippen LogP) is 3.56. The minimum Gasteiger partial charge on any atom is -0.393 e. The molecule has 0 amide bonds. The molecule has 0 aliphatic carbocycles. The molecule has 0 aromatic heterocycles. The van der Waals surface area contributed by atoms with Crippen molar-refractivity contribution in [2.24, 2.45) is 0 Å². The van der Waals surface area contributed by atoms with Crippen LogP contribution in [0.25, 0.3) is 0 Å². The molecule has 0 aliphatic rings. The monoisotopic (exact) mass is 212 g/mol. The van der Waals surface area contributed by atoms with Crippen molar-refractivity contribution < 1.29 is 9.50 Å². The van der Waals surface area contributed by atoms with Gasteiger partial charge in [-0.3, -0.25) is 0 Å². The summed E-state index contributed by atoms with van der Waals surface area (Å²) in [5.74, 6) is -0.224. The third-order valence-electron chi connectivity index (χ3n) is 2.04. The van der Waals surface area contributed by atoms with Gasteiger partial charge in [-0.05, 0) is 18.1 Å². The van der Waals surface area contributed by atoms with E-state index in [4.69, 9.17) is 0 Å². The molecule has 0 aliphatic heterocycles. The van der Waals surface area contributed by atoms with E-state index >= 15 is 0 Å². The number of hydrogen-bond donors (Lipinski definition) is 1. The summed E-state index contributed by atoms with van der Waals surface area (Å²) in [5, 5.41) is 9.46. The highest BCUT2D eigenvalue weighted by molar-refractivity contribution is 5.17. The average Bonchev–Trinajstić information content (AvgIpc) is 2.25. The molecule has 1 rings (SSSR count). The predicted molar refractivity (Wildman–Crippen MR) is 62.4 cm³/mol. The van der Waals surface area contributed by atoms with Crippen molar-refractivity contribution in [2.75, 3.05) is 0 Å². The molecule has 0 fully saturated rings. The third-order valence-corrected chi connectivity index (χ3v) is 2.04. The number of halogens is 1. The third kappa shape index (κ3) is 5.53. The van der Waals surface area contributed by atoms with Gasteiger partial charge in [0.05, 0.1) is 6.10 Å². The fourth-order valence-electron chi connectivity index (χ4n) is 1.35. The summed E-state index contributed by atoms with van der Waals surface area (Å²) in [6.45, 7) is 6.00. The summed E-state index contributed by atoms with van der Waals surface area (Å²) in [7, 11) is 0. The maximum atomic E-state index is 13.1. The number of rotatable bonds is 4. The zero-order valence-electron chi connectivity index (χ0n) is 9.83. The van der Waals surface area contributed by atoms with Gasteiger partial charge in [0.2, 0.25) is 0 Å². The van der Waals surface area contributed by atoms with Crippen LogP contribution in [-0.2, 0) is 6.42 Å². The molecule has 2 heteroatoms. The molecule has 0 spiro atoms. The molecule has 0 saturated carbocycles. The first-order valence-corrected chi connectivity index (χ1v) is 5.65. The van der Waals surface area contributed by atoms with Crippen LogP contribution in [-0.4, -0.2) is 11.2 Å². The van der Waals surface area contributed by atoms with Crippen LogP contribution in [0.1, 0.15) is 39.2 Å². The minimum atomic E-state index is -0.415. The van der Waals surface area contributed by atoms with E-state index < -0.39 is 6.10 Å². The van der Waals surface area contributed by atoms with Gasteiger partial charge in [-0.25, -0.2) is 4.39 Å². The molecule has 86 valence electrons. The molecule has 1 aromatic carbocycles. The van der Waals surface area contributed by atoms with E-state index in [1.165, 1.54) is 6.07 Å². The van der Waals surface area contributed by atoms with Gasteiger partial charge in [-0.2, -0.15) is 0 Å². The Bertz CT molecular complexity index is 260. The normalized spacial score (nSPS) is 11.5. The zero-order chi connectivity index (χ0) is 11.7. The Labute approximate surface area is 92.0 Å². The molecular weight excluding hydrogens is 191 g/mol. The van der Waals surface area contributed by atoms with Gasteiger partial charge in [0.15, 0.2) is 0 Å². The summed E-state index contributed by atoms with van der Waals surface area (Å²) < 4.78 is 13.1. The van der Waals surface area contributed by atoms with Crippen LogP contribution >= 0.6 is 0 Å². The van der Waals surface area contributed by atoms with E-state index in [-0.39, 0.29) is 5.82 Å². The second kappa shape index (κ2) is 8.42. The minimum absolute atomic E-state index is 0.224. The molecule has 0 radical (unpaired) electrons. The summed E-state index contributed by atoms with van der Waals surface area (Å²) in [4.78, 5) is 0. The van der Waals surface area contributed by atoms with Gasteiger partial charge in [-0.15, -0.1) is 0 Å². The standard InChI is InChI=1S/C11H15FO.C2H6/c1-2-5-10(13)8-9-6-3-4-7-11(9)12;1-2/h3-4,6-7,10,13H,2,5,8H2,1H3;1-2H3. The molecular formula is C13H21FO. The van der Waals surface area contributed by atoms with Gasteiger partial charge in [0.25, 0.3) is 0 Å². The quantitative estimate of drug-likeness (QED) is 0.809. The Kier molecular flexibility index (Phi) is 7.92. The van der Waals surface area contributed by atoms with Crippen LogP contribution < -0.4 is 0 Å². The summed E-state index contributed by atoms with van der Waals surface area (Å²) in [6.07, 6.45) is 1.66. The van der Waals surface area contributed by atoms with E-state index in [1.807, 2.05) is 20.8 Å². The smallest absolute Gasteiger partial charge is 0.126 e. The Balaban J connectivity index is 0.000000921. The summed E-state index contributed by atoms with van der Waals surface area (Å²) in [5.41, 5.74) is 0.600. The molecule has 0 heterocycles. The molecule has 1 aromatic rings. The van der Waals surface area contributed by atoms with Gasteiger partial charge in [0.1, 0.15) is 5.82 Å². The van der Waals surface area contributed by atoms with E-state index in [0.29, 0.717) is 12.0 Å². The van der Waals surface area contributed by atoms with E-state index in [9.17, 15) is 9.50 Å². The fourth-order valence-corrected chi connectivity index (χ4v) is 1.35. The van der Waals surface area contributed by atoms with Crippen molar-refractivity contribution in [2.45, 2.75) is 46.1 Å². The molecule has 0 saturated heterocycles. The van der Waals surface area contributed by atoms with Crippen LogP contribution in [0.15, 0.2) is 24.3 Å². The van der Waals surface area contributed by atoms with Crippen LogP contribution in [0.2, 0.25) is 0 Å². The van der Waals surface area contributed by atoms with E-state index in [1.54, 1.807) is 18.2 Å². The Hall–Kier alpha value is -0.890. The van der Waals surface area contributed by atoms with Crippen molar-refractivity contribution in [3.8, 4) is 0 Å². The van der Waals surface area contributed by atoms with Gasteiger partial charge < -0.3 is 5.11 Å². The Morgan fingerprint density at radius 3 is 2.40 bits per heavy atom. The van der Waals surface area contributed by atoms with Crippen molar-refractivity contribution in [3.63, 3.8) is 0 Å². The van der Waals surface area contributed by atoms with Crippen LogP contribution in [0.4, 0.5) is 4.39 Å². The molecule has 15 heavy (non-hydrogen) atoms. The lowest BCUT2D eigenvalue weighted by molar-refractivity contribution is 0.162. The lowest BCUT2D eigenvalue weighted by atomic mass is 10.0. The SMILES string of the molecule is CC.CCCC(O)Cc1ccccc1F. The molecule has 1 N–H and O–H groups in total. The van der Waals surface area contributed by atoms with Crippen LogP contribution in [0, 0.1) is 5.82 Å². The highest BCUT2D eigenvalue weighted by Crippen LogP contribution is 2.11. The molecule has 1 unspecified atom stereocenters. The second-order valence-corrected chi connectivity index (χ2v) is 3.24. The summed E-state index contributed by atoms with van der Waals surface area (Å²) in [6, 6.07) is 6.59. The first-order valence-electron chi connectivity index (χ1n) is 5.65. The van der Waals surface area contributed by atoms with Gasteiger partial charge in [-0.1, -0.05) is 45.4 Å². The average molecular weight is 212 g/mol. The van der Waals surface area contributed by atoms with Crippen molar-refractivity contribution in [3.05, 3.63) is 35.6 Å². The fraction of sp³-hybridized carbons (Fsp3) is 0.538. The Morgan fingerprint density at radius 1 is 1.27 bits per heavy atom. The van der Waals surface area contributed by atoms with E-state index in [0.717, 1.165) is 12.8 Å². The topological polar surface area (TPSA) is 20.2 Å². The molecule has 0 bridgehead atoms. The maximum absolute atomic E-state index is 13.1. The lowest BCUT2D eigenvalue weighted by Crippen LogP contribution is -2.10. The van der Waals surface area contributed by atoms with Crippen LogP contribution in [0.5, 0.6) is 0 Å². The number of aliphatic hydroxyl groups excluding tert-OH is 1. The van der Waals surface area contributed by atoms with E-state index in [2.05, 4.69) is 0 Å². The molecule has 1 nitrogen and oxygen atoms in total. The highest BCUT2D eigenvalue weighted by Gasteiger charge is 2.07. The van der Waals surface area contributed by atoms with Crippen LogP contribution in [0.3, 0.4) is 0 Å². The maximum Gasteiger partial charge on any atom is 0.126 e. The van der Waals surface area contributed by atoms with Gasteiger partial charge in [0, 0.05) is 6.42 Å². The van der Waals surface area contributed by atoms with Gasteiger partial charge >= 0.3 is 0 Å². The first kappa shape index (κ1) is 14.1. The largest absolute Gasteiger partial charge is 0.393 e. The number of aliphatic hydroxyl groups is 1. The number of hydrogen-bond acceptors (Lipinski definition) is 1.